The van der Waals surface area contributed by atoms with E-state index in [-0.39, 0.29) is 29.0 Å². The number of nitrogens with zero attached hydrogens (tertiary/aromatic N) is 1. The van der Waals surface area contributed by atoms with Crippen LogP contribution in [0.4, 0.5) is 0 Å². The summed E-state index contributed by atoms with van der Waals surface area (Å²) in [6.45, 7) is 4.91. The molecule has 0 fully saturated rings. The summed E-state index contributed by atoms with van der Waals surface area (Å²) in [5.74, 6) is -0.719. The number of carbonyl (C=O) groups excluding carboxylic acids is 1. The van der Waals surface area contributed by atoms with Gasteiger partial charge in [-0.25, -0.2) is 0 Å². The van der Waals surface area contributed by atoms with E-state index in [0.717, 1.165) is 0 Å². The molecule has 0 bridgehead atoms. The lowest BCUT2D eigenvalue weighted by atomic mass is 10.1. The third kappa shape index (κ3) is 3.19. The van der Waals surface area contributed by atoms with Crippen molar-refractivity contribution < 1.29 is 18.8 Å². The van der Waals surface area contributed by atoms with Crippen molar-refractivity contribution in [3.05, 3.63) is 23.3 Å². The highest BCUT2D eigenvalue weighted by Crippen LogP contribution is 2.29. The lowest BCUT2D eigenvalue weighted by molar-refractivity contribution is 0.0640. The fourth-order valence-electron chi connectivity index (χ4n) is 2.09. The molecule has 0 aromatic heterocycles. The number of phenols is 1. The van der Waals surface area contributed by atoms with Gasteiger partial charge in [-0.1, -0.05) is 0 Å². The Bertz CT molecular complexity index is 546. The van der Waals surface area contributed by atoms with Crippen LogP contribution in [-0.2, 0) is 0 Å². The van der Waals surface area contributed by atoms with Gasteiger partial charge in [0.2, 0.25) is 0 Å². The maximum atomic E-state index is 12.7. The number of hydrogen-bond acceptors (Lipinski definition) is 3. The number of phenolic OH excluding ortho intramolecular Hbond substituents is 1. The molecule has 1 rings (SSSR count). The molecule has 0 heterocycles. The van der Waals surface area contributed by atoms with Gasteiger partial charge in [0.15, 0.2) is 0 Å². The maximum Gasteiger partial charge on any atom is 0.258 e. The minimum Gasteiger partial charge on any atom is -0.507 e. The Labute approximate surface area is 119 Å². The van der Waals surface area contributed by atoms with E-state index in [4.69, 9.17) is 8.85 Å². The quantitative estimate of drug-likeness (QED) is 0.913. The van der Waals surface area contributed by atoms with Crippen molar-refractivity contribution in [2.75, 3.05) is 7.11 Å². The third-order valence-corrected chi connectivity index (χ3v) is 2.90. The number of aryl methyl sites for hydroxylation is 1. The summed E-state index contributed by atoms with van der Waals surface area (Å²) >= 11 is 0. The highest BCUT2D eigenvalue weighted by atomic mass is 16.5. The molecule has 0 saturated heterocycles. The topological polar surface area (TPSA) is 49.8 Å². The molecule has 106 valence electrons. The molecule has 0 aliphatic heterocycles. The van der Waals surface area contributed by atoms with Gasteiger partial charge in [-0.05, 0) is 52.2 Å². The predicted molar refractivity (Wildman–Crippen MR) is 75.8 cm³/mol. The van der Waals surface area contributed by atoms with Gasteiger partial charge in [-0.15, -0.1) is 0 Å². The van der Waals surface area contributed by atoms with Crippen LogP contribution >= 0.6 is 0 Å². The largest absolute Gasteiger partial charge is 0.507 e. The SMILES string of the molecule is [2H]C([2H])([2H])c1cc(OC)cc(C(=O)N(C(C)C)C(C)C)c1O. The third-order valence-electron chi connectivity index (χ3n) is 2.90. The molecular formula is C15H23NO3. The van der Waals surface area contributed by atoms with Crippen LogP contribution in [0.2, 0.25) is 0 Å². The number of rotatable bonds is 4. The van der Waals surface area contributed by atoms with E-state index in [2.05, 4.69) is 0 Å². The number of benzene rings is 1. The molecule has 0 atom stereocenters. The van der Waals surface area contributed by atoms with E-state index in [0.29, 0.717) is 0 Å². The zero-order valence-electron chi connectivity index (χ0n) is 15.0. The Morgan fingerprint density at radius 1 is 1.32 bits per heavy atom. The average molecular weight is 268 g/mol. The molecule has 19 heavy (non-hydrogen) atoms. The molecule has 4 heteroatoms. The molecule has 0 unspecified atom stereocenters. The molecule has 0 saturated carbocycles. The molecule has 1 aromatic rings. The summed E-state index contributed by atoms with van der Waals surface area (Å²) in [5.41, 5.74) is -0.351. The van der Waals surface area contributed by atoms with E-state index in [1.807, 2.05) is 27.7 Å². The monoisotopic (exact) mass is 268 g/mol. The lowest BCUT2D eigenvalue weighted by Gasteiger charge is -2.31. The van der Waals surface area contributed by atoms with Crippen molar-refractivity contribution in [1.29, 1.82) is 0 Å². The number of aromatic hydroxyl groups is 1. The van der Waals surface area contributed by atoms with Crippen molar-refractivity contribution in [1.82, 2.24) is 4.90 Å². The van der Waals surface area contributed by atoms with Gasteiger partial charge in [0, 0.05) is 16.2 Å². The van der Waals surface area contributed by atoms with Gasteiger partial charge in [-0.2, -0.15) is 0 Å². The van der Waals surface area contributed by atoms with Crippen LogP contribution < -0.4 is 4.74 Å². The summed E-state index contributed by atoms with van der Waals surface area (Å²) in [5, 5.41) is 10.3. The van der Waals surface area contributed by atoms with Gasteiger partial charge in [0.05, 0.1) is 12.7 Å². The maximum absolute atomic E-state index is 12.7. The first-order valence-electron chi connectivity index (χ1n) is 7.74. The van der Waals surface area contributed by atoms with E-state index < -0.39 is 18.5 Å². The molecule has 0 radical (unpaired) electrons. The van der Waals surface area contributed by atoms with Crippen LogP contribution in [0.3, 0.4) is 0 Å². The molecular weight excluding hydrogens is 242 g/mol. The van der Waals surface area contributed by atoms with E-state index in [9.17, 15) is 9.90 Å². The Hall–Kier alpha value is -1.71. The number of carbonyl (C=O) groups is 1. The molecule has 4 nitrogen and oxygen atoms in total. The number of amides is 1. The first-order chi connectivity index (χ1) is 10.0. The summed E-state index contributed by atoms with van der Waals surface area (Å²) < 4.78 is 27.5. The normalized spacial score (nSPS) is 13.9. The highest BCUT2D eigenvalue weighted by Gasteiger charge is 2.25. The Kier molecular flexibility index (Phi) is 3.49. The van der Waals surface area contributed by atoms with Crippen molar-refractivity contribution in [3.63, 3.8) is 0 Å². The number of ether oxygens (including phenoxy) is 1. The Morgan fingerprint density at radius 3 is 2.32 bits per heavy atom. The van der Waals surface area contributed by atoms with E-state index in [1.54, 1.807) is 4.90 Å². The van der Waals surface area contributed by atoms with Crippen LogP contribution in [0.1, 0.15) is 47.7 Å². The minimum absolute atomic E-state index is 0.0622. The second-order valence-electron chi connectivity index (χ2n) is 4.97. The Balaban J connectivity index is 3.49. The van der Waals surface area contributed by atoms with Crippen LogP contribution in [0.5, 0.6) is 11.5 Å². The molecule has 0 aliphatic rings. The molecule has 1 N–H and O–H groups in total. The average Bonchev–Trinajstić information content (AvgIpc) is 2.36. The first-order valence-corrected chi connectivity index (χ1v) is 6.24. The van der Waals surface area contributed by atoms with Gasteiger partial charge in [0.25, 0.3) is 5.91 Å². The Morgan fingerprint density at radius 2 is 1.89 bits per heavy atom. The fourth-order valence-corrected chi connectivity index (χ4v) is 2.09. The van der Waals surface area contributed by atoms with Crippen molar-refractivity contribution in [2.24, 2.45) is 0 Å². The van der Waals surface area contributed by atoms with Gasteiger partial charge in [-0.3, -0.25) is 4.79 Å². The van der Waals surface area contributed by atoms with Crippen LogP contribution in [0.25, 0.3) is 0 Å². The summed E-state index contributed by atoms with van der Waals surface area (Å²) in [7, 11) is 1.38. The molecule has 0 aliphatic carbocycles. The van der Waals surface area contributed by atoms with Crippen molar-refractivity contribution in [3.8, 4) is 11.5 Å². The van der Waals surface area contributed by atoms with E-state index in [1.165, 1.54) is 19.2 Å². The van der Waals surface area contributed by atoms with Gasteiger partial charge in [0.1, 0.15) is 11.5 Å². The first kappa shape index (κ1) is 11.1. The number of hydrogen-bond donors (Lipinski definition) is 1. The van der Waals surface area contributed by atoms with Crippen molar-refractivity contribution in [2.45, 2.75) is 46.6 Å². The zero-order chi connectivity index (χ0) is 17.2. The minimum atomic E-state index is -2.53. The summed E-state index contributed by atoms with van der Waals surface area (Å²) in [6.07, 6.45) is 0. The number of methoxy groups -OCH3 is 1. The highest BCUT2D eigenvalue weighted by molar-refractivity contribution is 5.98. The second-order valence-corrected chi connectivity index (χ2v) is 4.97. The van der Waals surface area contributed by atoms with Gasteiger partial charge >= 0.3 is 0 Å². The van der Waals surface area contributed by atoms with Crippen LogP contribution in [0, 0.1) is 6.85 Å². The fraction of sp³-hybridized carbons (Fsp3) is 0.533. The van der Waals surface area contributed by atoms with Crippen LogP contribution in [-0.4, -0.2) is 35.1 Å². The van der Waals surface area contributed by atoms with E-state index >= 15 is 0 Å². The molecule has 1 amide bonds. The summed E-state index contributed by atoms with van der Waals surface area (Å²) in [4.78, 5) is 14.3. The standard InChI is InChI=1S/C15H23NO3/c1-9(2)16(10(3)4)15(18)13-8-12(19-6)7-11(5)14(13)17/h7-10,17H,1-6H3/i5D3. The second kappa shape index (κ2) is 5.95. The smallest absolute Gasteiger partial charge is 0.258 e. The van der Waals surface area contributed by atoms with Gasteiger partial charge < -0.3 is 14.7 Å². The van der Waals surface area contributed by atoms with Crippen LogP contribution in [0.15, 0.2) is 12.1 Å². The lowest BCUT2D eigenvalue weighted by Crippen LogP contribution is -2.42. The predicted octanol–water partition coefficient (Wildman–Crippen LogP) is 2.97. The molecule has 1 aromatic carbocycles. The van der Waals surface area contributed by atoms with Crippen molar-refractivity contribution >= 4 is 5.91 Å². The zero-order valence-corrected chi connectivity index (χ0v) is 12.0. The molecule has 0 spiro atoms. The summed E-state index contributed by atoms with van der Waals surface area (Å²) in [6, 6.07) is 2.42.